The third-order valence-corrected chi connectivity index (χ3v) is 9.00. The van der Waals surface area contributed by atoms with Crippen molar-refractivity contribution in [2.24, 2.45) is 17.3 Å². The summed E-state index contributed by atoms with van der Waals surface area (Å²) in [7, 11) is 0. The van der Waals surface area contributed by atoms with Crippen LogP contribution in [-0.2, 0) is 42.9 Å². The molecule has 0 unspecified atom stereocenters. The van der Waals surface area contributed by atoms with Crippen LogP contribution in [0.1, 0.15) is 47.5 Å². The number of ether oxygens (including phenoxy) is 5. The van der Waals surface area contributed by atoms with Gasteiger partial charge < -0.3 is 28.8 Å². The van der Waals surface area contributed by atoms with E-state index in [2.05, 4.69) is 6.58 Å². The van der Waals surface area contributed by atoms with E-state index in [-0.39, 0.29) is 0 Å². The molecule has 2 bridgehead atoms. The van der Waals surface area contributed by atoms with Gasteiger partial charge in [-0.15, -0.1) is 11.6 Å². The molecule has 3 aliphatic heterocycles. The summed E-state index contributed by atoms with van der Waals surface area (Å²) in [6.07, 6.45) is -0.320. The van der Waals surface area contributed by atoms with E-state index in [0.29, 0.717) is 18.4 Å². The number of aliphatic hydroxyl groups is 1. The zero-order valence-electron chi connectivity index (χ0n) is 21.5. The summed E-state index contributed by atoms with van der Waals surface area (Å²) < 4.78 is 29.8. The Kier molecular flexibility index (Phi) is 7.01. The number of hydrogen-bond donors (Lipinski definition) is 1. The molecule has 0 aromatic carbocycles. The van der Waals surface area contributed by atoms with Crippen LogP contribution in [0, 0.1) is 17.3 Å². The van der Waals surface area contributed by atoms with Gasteiger partial charge in [-0.25, -0.2) is 0 Å². The van der Waals surface area contributed by atoms with E-state index in [1.165, 1.54) is 26.8 Å². The minimum absolute atomic E-state index is 0.370. The van der Waals surface area contributed by atoms with Crippen LogP contribution in [0.2, 0.25) is 0 Å². The lowest BCUT2D eigenvalue weighted by atomic mass is 9.55. The fourth-order valence-electron chi connectivity index (χ4n) is 6.70. The van der Waals surface area contributed by atoms with E-state index in [4.69, 9.17) is 35.3 Å². The number of carbonyl (C=O) groups excluding carboxylic acids is 4. The molecule has 0 radical (unpaired) electrons. The SMILES string of the molecule is C=C1CC[C@H](OC(C)=O)[C@]2(C)[C@@H](OC(C)=O)/C=C/[C@]3(CO)O[C@]4([C@@H](C)C(=O)O[C@H]4[C@H]3Cl)[C@@H](OC(C)=O)[C@@H]12. The van der Waals surface area contributed by atoms with Crippen LogP contribution in [0.15, 0.2) is 24.3 Å². The first-order valence-electron chi connectivity index (χ1n) is 12.3. The highest BCUT2D eigenvalue weighted by Crippen LogP contribution is 2.61. The molecule has 4 aliphatic rings. The minimum atomic E-state index is -1.62. The Labute approximate surface area is 220 Å². The first-order chi connectivity index (χ1) is 17.2. The summed E-state index contributed by atoms with van der Waals surface area (Å²) in [5.74, 6) is -4.20. The van der Waals surface area contributed by atoms with Gasteiger partial charge in [0.2, 0.25) is 0 Å². The smallest absolute Gasteiger partial charge is 0.312 e. The predicted octanol–water partition coefficient (Wildman–Crippen LogP) is 1.99. The standard InChI is InChI=1S/C26H33ClO10/c1-12-7-8-17(33-14(3)29)24(6)18(34-15(4)30)9-10-25(11-28)20(27)22-26(37-25,13(2)23(32)36-22)21(19(12)24)35-16(5)31/h9-10,13,17-22,28H,1,7-8,11H2,2-6H3/b10-9+/t13-,17-,18-,19+,20+,21-,22-,24+,25+,26+/m0/s1. The summed E-state index contributed by atoms with van der Waals surface area (Å²) in [5, 5.41) is 9.46. The van der Waals surface area contributed by atoms with Crippen LogP contribution in [-0.4, -0.2) is 76.6 Å². The van der Waals surface area contributed by atoms with Gasteiger partial charge in [-0.2, -0.15) is 0 Å². The van der Waals surface area contributed by atoms with Gasteiger partial charge in [0, 0.05) is 26.7 Å². The van der Waals surface area contributed by atoms with Gasteiger partial charge in [0.1, 0.15) is 29.3 Å². The first-order valence-corrected chi connectivity index (χ1v) is 12.7. The normalized spacial score (nSPS) is 45.3. The molecule has 0 aromatic heterocycles. The highest BCUT2D eigenvalue weighted by Gasteiger charge is 2.77. The molecule has 1 aliphatic carbocycles. The molecule has 1 N–H and O–H groups in total. The lowest BCUT2D eigenvalue weighted by Gasteiger charge is -2.54. The third-order valence-electron chi connectivity index (χ3n) is 8.40. The number of hydrogen-bond acceptors (Lipinski definition) is 10. The van der Waals surface area contributed by atoms with Crippen LogP contribution < -0.4 is 0 Å². The van der Waals surface area contributed by atoms with Crippen molar-refractivity contribution in [2.75, 3.05) is 6.61 Å². The van der Waals surface area contributed by atoms with Crippen molar-refractivity contribution in [3.05, 3.63) is 24.3 Å². The molecule has 1 saturated carbocycles. The van der Waals surface area contributed by atoms with Crippen LogP contribution in [0.25, 0.3) is 0 Å². The summed E-state index contributed by atoms with van der Waals surface area (Å²) in [4.78, 5) is 50.0. The molecular formula is C26H33ClO10. The Morgan fingerprint density at radius 3 is 2.35 bits per heavy atom. The van der Waals surface area contributed by atoms with Gasteiger partial charge in [-0.05, 0) is 31.9 Å². The van der Waals surface area contributed by atoms with Crippen LogP contribution >= 0.6 is 11.6 Å². The maximum Gasteiger partial charge on any atom is 0.312 e. The Morgan fingerprint density at radius 2 is 1.78 bits per heavy atom. The fourth-order valence-corrected chi connectivity index (χ4v) is 7.14. The van der Waals surface area contributed by atoms with Crippen molar-refractivity contribution in [2.45, 2.75) is 88.5 Å². The third kappa shape index (κ3) is 3.99. The summed E-state index contributed by atoms with van der Waals surface area (Å²) in [5.41, 5.74) is -3.79. The molecule has 10 atom stereocenters. The highest BCUT2D eigenvalue weighted by atomic mass is 35.5. The monoisotopic (exact) mass is 540 g/mol. The zero-order chi connectivity index (χ0) is 27.5. The summed E-state index contributed by atoms with van der Waals surface area (Å²) in [6.45, 7) is 10.8. The van der Waals surface area contributed by atoms with E-state index < -0.39 is 88.7 Å². The number of rotatable bonds is 4. The Bertz CT molecular complexity index is 1060. The molecule has 0 aromatic rings. The molecule has 1 spiro atoms. The number of alkyl halides is 1. The van der Waals surface area contributed by atoms with Crippen molar-refractivity contribution < 1.29 is 48.0 Å². The molecule has 3 fully saturated rings. The maximum atomic E-state index is 12.9. The van der Waals surface area contributed by atoms with E-state index in [1.54, 1.807) is 19.9 Å². The van der Waals surface area contributed by atoms with Gasteiger partial charge >= 0.3 is 23.9 Å². The van der Waals surface area contributed by atoms with Gasteiger partial charge in [0.15, 0.2) is 11.7 Å². The van der Waals surface area contributed by atoms with Gasteiger partial charge in [-0.1, -0.05) is 19.1 Å². The Hall–Kier alpha value is -2.43. The summed E-state index contributed by atoms with van der Waals surface area (Å²) >= 11 is 6.84. The average molecular weight is 541 g/mol. The second-order valence-electron chi connectivity index (χ2n) is 10.6. The lowest BCUT2D eigenvalue weighted by Crippen LogP contribution is -2.65. The van der Waals surface area contributed by atoms with E-state index in [0.717, 1.165) is 0 Å². The van der Waals surface area contributed by atoms with Crippen molar-refractivity contribution in [1.82, 2.24) is 0 Å². The van der Waals surface area contributed by atoms with Crippen molar-refractivity contribution in [3.63, 3.8) is 0 Å². The molecular weight excluding hydrogens is 508 g/mol. The van der Waals surface area contributed by atoms with Gasteiger partial charge in [-0.3, -0.25) is 19.2 Å². The first kappa shape index (κ1) is 27.6. The van der Waals surface area contributed by atoms with Gasteiger partial charge in [0.05, 0.1) is 17.9 Å². The Balaban J connectivity index is 2.06. The van der Waals surface area contributed by atoms with Crippen LogP contribution in [0.5, 0.6) is 0 Å². The molecule has 4 rings (SSSR count). The topological polar surface area (TPSA) is 135 Å². The zero-order valence-corrected chi connectivity index (χ0v) is 22.3. The molecule has 3 heterocycles. The second-order valence-corrected chi connectivity index (χ2v) is 11.1. The van der Waals surface area contributed by atoms with Crippen LogP contribution in [0.4, 0.5) is 0 Å². The van der Waals surface area contributed by atoms with E-state index in [1.807, 2.05) is 0 Å². The molecule has 2 saturated heterocycles. The number of aliphatic hydroxyl groups excluding tert-OH is 1. The molecule has 204 valence electrons. The quantitative estimate of drug-likeness (QED) is 0.244. The van der Waals surface area contributed by atoms with E-state index in [9.17, 15) is 24.3 Å². The molecule has 10 nitrogen and oxygen atoms in total. The lowest BCUT2D eigenvalue weighted by molar-refractivity contribution is -0.226. The number of carbonyl (C=O) groups is 4. The predicted molar refractivity (Wildman–Crippen MR) is 128 cm³/mol. The fraction of sp³-hybridized carbons (Fsp3) is 0.692. The Morgan fingerprint density at radius 1 is 1.16 bits per heavy atom. The highest BCUT2D eigenvalue weighted by molar-refractivity contribution is 6.22. The van der Waals surface area contributed by atoms with Gasteiger partial charge in [0.25, 0.3) is 0 Å². The summed E-state index contributed by atoms with van der Waals surface area (Å²) in [6, 6.07) is 0. The largest absolute Gasteiger partial charge is 0.462 e. The van der Waals surface area contributed by atoms with Crippen molar-refractivity contribution in [1.29, 1.82) is 0 Å². The maximum absolute atomic E-state index is 12.9. The average Bonchev–Trinajstić information content (AvgIpc) is 3.21. The number of halogens is 1. The van der Waals surface area contributed by atoms with Crippen LogP contribution in [0.3, 0.4) is 0 Å². The molecule has 37 heavy (non-hydrogen) atoms. The molecule has 0 amide bonds. The molecule has 11 heteroatoms. The second kappa shape index (κ2) is 9.39. The number of esters is 4. The van der Waals surface area contributed by atoms with E-state index >= 15 is 0 Å². The number of fused-ring (bicyclic) bond motifs is 2. The minimum Gasteiger partial charge on any atom is -0.462 e. The van der Waals surface area contributed by atoms with Crippen molar-refractivity contribution >= 4 is 35.5 Å². The van der Waals surface area contributed by atoms with Crippen molar-refractivity contribution in [3.8, 4) is 0 Å².